The molecule has 2 aromatic carbocycles. The minimum absolute atomic E-state index is 0.159. The van der Waals surface area contributed by atoms with Crippen LogP contribution in [-0.4, -0.2) is 41.7 Å². The van der Waals surface area contributed by atoms with E-state index < -0.39 is 11.9 Å². The molecule has 1 aliphatic rings. The molecule has 0 aliphatic carbocycles. The van der Waals surface area contributed by atoms with E-state index in [0.29, 0.717) is 47.6 Å². The average Bonchev–Trinajstić information content (AvgIpc) is 2.97. The quantitative estimate of drug-likeness (QED) is 0.373. The number of rotatable bonds is 9. The zero-order valence-corrected chi connectivity index (χ0v) is 17.0. The van der Waals surface area contributed by atoms with Gasteiger partial charge in [0.05, 0.1) is 11.1 Å². The lowest BCUT2D eigenvalue weighted by molar-refractivity contribution is -0.147. The second-order valence-corrected chi connectivity index (χ2v) is 7.27. The summed E-state index contributed by atoms with van der Waals surface area (Å²) >= 11 is 5.84. The predicted octanol–water partition coefficient (Wildman–Crippen LogP) is 3.68. The third kappa shape index (κ3) is 5.45. The van der Waals surface area contributed by atoms with Gasteiger partial charge < -0.3 is 10.1 Å². The number of amides is 3. The van der Waals surface area contributed by atoms with Crippen LogP contribution in [-0.2, 0) is 14.3 Å². The van der Waals surface area contributed by atoms with Gasteiger partial charge in [0.1, 0.15) is 0 Å². The van der Waals surface area contributed by atoms with Gasteiger partial charge in [0, 0.05) is 23.7 Å². The summed E-state index contributed by atoms with van der Waals surface area (Å²) in [5.41, 5.74) is 1.39. The minimum atomic E-state index is -0.475. The van der Waals surface area contributed by atoms with Crippen molar-refractivity contribution in [3.63, 3.8) is 0 Å². The van der Waals surface area contributed by atoms with E-state index in [0.717, 1.165) is 0 Å². The fourth-order valence-electron chi connectivity index (χ4n) is 3.14. The van der Waals surface area contributed by atoms with Crippen LogP contribution in [0.4, 0.5) is 5.69 Å². The number of imide groups is 1. The number of nitrogens with zero attached hydrogens (tertiary/aromatic N) is 1. The van der Waals surface area contributed by atoms with Crippen LogP contribution in [0.1, 0.15) is 46.4 Å². The zero-order chi connectivity index (χ0) is 21.5. The van der Waals surface area contributed by atoms with Crippen molar-refractivity contribution < 1.29 is 23.9 Å². The summed E-state index contributed by atoms with van der Waals surface area (Å²) in [6, 6.07) is 13.4. The molecule has 30 heavy (non-hydrogen) atoms. The third-order valence-electron chi connectivity index (χ3n) is 4.61. The summed E-state index contributed by atoms with van der Waals surface area (Å²) in [5, 5.41) is 3.08. The molecule has 156 valence electrons. The van der Waals surface area contributed by atoms with E-state index in [4.69, 9.17) is 16.3 Å². The number of esters is 1. The van der Waals surface area contributed by atoms with Gasteiger partial charge >= 0.3 is 5.97 Å². The van der Waals surface area contributed by atoms with E-state index in [2.05, 4.69) is 5.32 Å². The molecule has 0 saturated heterocycles. The Balaban J connectivity index is 1.30. The maximum atomic E-state index is 12.3. The minimum Gasteiger partial charge on any atom is -0.456 e. The number of ether oxygens (including phenoxy) is 1. The molecule has 0 unspecified atom stereocenters. The summed E-state index contributed by atoms with van der Waals surface area (Å²) in [4.78, 5) is 49.4. The molecular weight excluding hydrogens is 408 g/mol. The predicted molar refractivity (Wildman–Crippen MR) is 111 cm³/mol. The highest BCUT2D eigenvalue weighted by Gasteiger charge is 2.34. The molecule has 0 radical (unpaired) electrons. The van der Waals surface area contributed by atoms with Crippen LogP contribution in [0.3, 0.4) is 0 Å². The molecule has 0 spiro atoms. The van der Waals surface area contributed by atoms with Crippen molar-refractivity contribution in [2.45, 2.75) is 25.7 Å². The lowest BCUT2D eigenvalue weighted by Crippen LogP contribution is -2.30. The van der Waals surface area contributed by atoms with Crippen LogP contribution in [0.5, 0.6) is 0 Å². The van der Waals surface area contributed by atoms with Gasteiger partial charge in [-0.25, -0.2) is 0 Å². The van der Waals surface area contributed by atoms with Gasteiger partial charge in [-0.1, -0.05) is 36.2 Å². The van der Waals surface area contributed by atoms with E-state index in [-0.39, 0.29) is 24.8 Å². The Kier molecular flexibility index (Phi) is 7.19. The van der Waals surface area contributed by atoms with Crippen molar-refractivity contribution in [2.75, 3.05) is 18.5 Å². The van der Waals surface area contributed by atoms with Crippen LogP contribution in [0.25, 0.3) is 0 Å². The number of benzene rings is 2. The number of hydrogen-bond acceptors (Lipinski definition) is 5. The second kappa shape index (κ2) is 10.0. The molecular formula is C22H21ClN2O5. The van der Waals surface area contributed by atoms with Gasteiger partial charge in [-0.3, -0.25) is 24.1 Å². The Morgan fingerprint density at radius 3 is 2.30 bits per heavy atom. The van der Waals surface area contributed by atoms with Crippen molar-refractivity contribution >= 4 is 41.0 Å². The highest BCUT2D eigenvalue weighted by molar-refractivity contribution is 6.30. The normalized spacial score (nSPS) is 12.6. The molecule has 2 aromatic rings. The summed E-state index contributed by atoms with van der Waals surface area (Å²) < 4.78 is 4.96. The van der Waals surface area contributed by atoms with E-state index in [1.807, 2.05) is 0 Å². The van der Waals surface area contributed by atoms with Crippen LogP contribution < -0.4 is 5.32 Å². The Morgan fingerprint density at radius 2 is 1.63 bits per heavy atom. The van der Waals surface area contributed by atoms with Gasteiger partial charge in [0.2, 0.25) is 0 Å². The fraction of sp³-hybridized carbons (Fsp3) is 0.273. The van der Waals surface area contributed by atoms with Crippen molar-refractivity contribution in [2.24, 2.45) is 0 Å². The SMILES string of the molecule is O=C(COC(=O)CCCCCN1C(=O)c2ccccc2C1=O)Nc1cccc(Cl)c1. The van der Waals surface area contributed by atoms with Crippen LogP contribution >= 0.6 is 11.6 Å². The van der Waals surface area contributed by atoms with Crippen molar-refractivity contribution in [1.82, 2.24) is 4.90 Å². The standard InChI is InChI=1S/C22H21ClN2O5/c23-15-7-6-8-16(13-15)24-19(26)14-30-20(27)11-2-1-5-12-25-21(28)17-9-3-4-10-18(17)22(25)29/h3-4,6-10,13H,1-2,5,11-12,14H2,(H,24,26). The summed E-state index contributed by atoms with van der Waals surface area (Å²) in [5.74, 6) is -1.48. The maximum Gasteiger partial charge on any atom is 0.306 e. The van der Waals surface area contributed by atoms with Crippen molar-refractivity contribution in [1.29, 1.82) is 0 Å². The topological polar surface area (TPSA) is 92.8 Å². The van der Waals surface area contributed by atoms with Crippen LogP contribution in [0.2, 0.25) is 5.02 Å². The van der Waals surface area contributed by atoms with Gasteiger partial charge in [0.15, 0.2) is 6.61 Å². The molecule has 8 heteroatoms. The number of fused-ring (bicyclic) bond motifs is 1. The van der Waals surface area contributed by atoms with E-state index in [1.54, 1.807) is 48.5 Å². The number of nitrogens with one attached hydrogen (secondary N) is 1. The zero-order valence-electron chi connectivity index (χ0n) is 16.2. The van der Waals surface area contributed by atoms with E-state index in [1.165, 1.54) is 4.90 Å². The smallest absolute Gasteiger partial charge is 0.306 e. The van der Waals surface area contributed by atoms with Gasteiger partial charge in [-0.05, 0) is 43.2 Å². The highest BCUT2D eigenvalue weighted by atomic mass is 35.5. The number of anilines is 1. The summed E-state index contributed by atoms with van der Waals surface area (Å²) in [6.45, 7) is -0.0657. The van der Waals surface area contributed by atoms with Gasteiger partial charge in [-0.2, -0.15) is 0 Å². The first-order valence-corrected chi connectivity index (χ1v) is 10.00. The average molecular weight is 429 g/mol. The van der Waals surface area contributed by atoms with Crippen LogP contribution in [0, 0.1) is 0 Å². The summed E-state index contributed by atoms with van der Waals surface area (Å²) in [6.07, 6.45) is 1.94. The number of unbranched alkanes of at least 4 members (excludes halogenated alkanes) is 2. The molecule has 7 nitrogen and oxygen atoms in total. The summed E-state index contributed by atoms with van der Waals surface area (Å²) in [7, 11) is 0. The molecule has 1 N–H and O–H groups in total. The Morgan fingerprint density at radius 1 is 0.933 bits per heavy atom. The number of hydrogen-bond donors (Lipinski definition) is 1. The van der Waals surface area contributed by atoms with Crippen molar-refractivity contribution in [3.05, 3.63) is 64.7 Å². The molecule has 0 bridgehead atoms. The van der Waals surface area contributed by atoms with Gasteiger partial charge in [0.25, 0.3) is 17.7 Å². The molecule has 3 rings (SSSR count). The van der Waals surface area contributed by atoms with Crippen molar-refractivity contribution in [3.8, 4) is 0 Å². The largest absolute Gasteiger partial charge is 0.456 e. The molecule has 0 fully saturated rings. The Bertz CT molecular complexity index is 941. The molecule has 3 amide bonds. The maximum absolute atomic E-state index is 12.3. The first-order chi connectivity index (χ1) is 14.5. The molecule has 0 atom stereocenters. The lowest BCUT2D eigenvalue weighted by Gasteiger charge is -2.13. The van der Waals surface area contributed by atoms with E-state index >= 15 is 0 Å². The fourth-order valence-corrected chi connectivity index (χ4v) is 3.33. The third-order valence-corrected chi connectivity index (χ3v) is 4.85. The molecule has 0 saturated carbocycles. The van der Waals surface area contributed by atoms with Gasteiger partial charge in [-0.15, -0.1) is 0 Å². The first kappa shape index (κ1) is 21.5. The van der Waals surface area contributed by atoms with E-state index in [9.17, 15) is 19.2 Å². The Labute approximate surface area is 179 Å². The number of halogens is 1. The second-order valence-electron chi connectivity index (χ2n) is 6.84. The molecule has 1 heterocycles. The van der Waals surface area contributed by atoms with Crippen LogP contribution in [0.15, 0.2) is 48.5 Å². The Hall–Kier alpha value is -3.19. The molecule has 0 aromatic heterocycles. The lowest BCUT2D eigenvalue weighted by atomic mass is 10.1. The molecule has 1 aliphatic heterocycles. The monoisotopic (exact) mass is 428 g/mol. The highest BCUT2D eigenvalue weighted by Crippen LogP contribution is 2.22. The number of carbonyl (C=O) groups excluding carboxylic acids is 4. The first-order valence-electron chi connectivity index (χ1n) is 9.62. The number of carbonyl (C=O) groups is 4.